The first-order valence-electron chi connectivity index (χ1n) is 8.37. The number of hydrazone groups is 1. The number of rotatable bonds is 4. The maximum absolute atomic E-state index is 12.0. The summed E-state index contributed by atoms with van der Waals surface area (Å²) >= 11 is 5.81. The van der Waals surface area contributed by atoms with Crippen molar-refractivity contribution >= 4 is 29.5 Å². The lowest BCUT2D eigenvalue weighted by Gasteiger charge is -2.33. The number of amides is 1. The Bertz CT molecular complexity index is 901. The molecule has 0 aromatic heterocycles. The molecule has 1 aliphatic rings. The van der Waals surface area contributed by atoms with Crippen molar-refractivity contribution in [2.24, 2.45) is 5.10 Å². The number of ether oxygens (including phenoxy) is 2. The van der Waals surface area contributed by atoms with Crippen LogP contribution in [0.5, 0.6) is 0 Å². The first-order chi connectivity index (χ1) is 12.9. The number of benzene rings is 2. The molecule has 5 nitrogen and oxygen atoms in total. The zero-order chi connectivity index (χ0) is 19.3. The van der Waals surface area contributed by atoms with Gasteiger partial charge in [-0.2, -0.15) is 5.10 Å². The van der Waals surface area contributed by atoms with Gasteiger partial charge in [-0.1, -0.05) is 41.9 Å². The molecule has 1 heterocycles. The van der Waals surface area contributed by atoms with E-state index in [1.165, 1.54) is 6.21 Å². The number of carbonyl (C=O) groups is 1. The molecular weight excluding hydrogens is 364 g/mol. The van der Waals surface area contributed by atoms with Crippen LogP contribution in [0.15, 0.2) is 77.6 Å². The van der Waals surface area contributed by atoms with Gasteiger partial charge in [0.1, 0.15) is 11.5 Å². The van der Waals surface area contributed by atoms with Crippen molar-refractivity contribution in [3.8, 4) is 0 Å². The van der Waals surface area contributed by atoms with Crippen LogP contribution in [0.3, 0.4) is 0 Å². The molecule has 138 valence electrons. The third kappa shape index (κ3) is 5.21. The van der Waals surface area contributed by atoms with Gasteiger partial charge in [-0.05, 0) is 24.3 Å². The van der Waals surface area contributed by atoms with Gasteiger partial charge in [-0.15, -0.1) is 0 Å². The van der Waals surface area contributed by atoms with Gasteiger partial charge in [0.05, 0.1) is 6.21 Å². The van der Waals surface area contributed by atoms with E-state index in [1.54, 1.807) is 36.4 Å². The number of halogens is 1. The lowest BCUT2D eigenvalue weighted by molar-refractivity contribution is -0.149. The maximum atomic E-state index is 12.0. The van der Waals surface area contributed by atoms with Crippen LogP contribution in [-0.4, -0.2) is 17.9 Å². The van der Waals surface area contributed by atoms with E-state index in [1.807, 2.05) is 44.2 Å². The number of hydrogen-bond acceptors (Lipinski definition) is 4. The third-order valence-corrected chi connectivity index (χ3v) is 3.89. The normalized spacial score (nSPS) is 17.1. The summed E-state index contributed by atoms with van der Waals surface area (Å²) in [6.45, 7) is 3.66. The molecule has 1 aliphatic heterocycles. The van der Waals surface area contributed by atoms with Crippen LogP contribution in [0, 0.1) is 0 Å². The zero-order valence-electron chi connectivity index (χ0n) is 15.0. The third-order valence-electron chi connectivity index (χ3n) is 3.64. The van der Waals surface area contributed by atoms with Crippen molar-refractivity contribution in [1.29, 1.82) is 0 Å². The highest BCUT2D eigenvalue weighted by atomic mass is 35.5. The largest absolute Gasteiger partial charge is 0.453 e. The van der Waals surface area contributed by atoms with E-state index in [9.17, 15) is 4.79 Å². The standard InChI is InChI=1S/C21H19ClN2O3/c1-21(2)26-18(14-19(27-21)15-6-4-3-5-7-15)12-13-23-24-20(25)16-8-10-17(22)11-9-16/h3-14H,1-2H3,(H,24,25)/b18-12-,23-13-. The summed E-state index contributed by atoms with van der Waals surface area (Å²) in [6, 6.07) is 16.3. The van der Waals surface area contributed by atoms with E-state index in [-0.39, 0.29) is 5.91 Å². The molecule has 6 heteroatoms. The van der Waals surface area contributed by atoms with E-state index < -0.39 is 5.79 Å². The SMILES string of the molecule is CC1(C)OC(c2ccccc2)=C/C(=C/C=N\NC(=O)c2ccc(Cl)cc2)O1. The van der Waals surface area contributed by atoms with Crippen LogP contribution in [0.25, 0.3) is 5.76 Å². The van der Waals surface area contributed by atoms with Gasteiger partial charge in [0.25, 0.3) is 5.91 Å². The van der Waals surface area contributed by atoms with Crippen LogP contribution in [0.1, 0.15) is 29.8 Å². The first-order valence-corrected chi connectivity index (χ1v) is 8.75. The molecule has 0 spiro atoms. The van der Waals surface area contributed by atoms with E-state index in [0.717, 1.165) is 5.56 Å². The predicted octanol–water partition coefficient (Wildman–Crippen LogP) is 4.76. The Balaban J connectivity index is 1.70. The van der Waals surface area contributed by atoms with E-state index >= 15 is 0 Å². The highest BCUT2D eigenvalue weighted by Gasteiger charge is 2.28. The number of nitrogens with zero attached hydrogens (tertiary/aromatic N) is 1. The smallest absolute Gasteiger partial charge is 0.271 e. The molecule has 0 fully saturated rings. The number of carbonyl (C=O) groups excluding carboxylic acids is 1. The lowest BCUT2D eigenvalue weighted by Crippen LogP contribution is -2.30. The average molecular weight is 383 g/mol. The quantitative estimate of drug-likeness (QED) is 0.612. The Kier molecular flexibility index (Phi) is 5.62. The Morgan fingerprint density at radius 1 is 1.07 bits per heavy atom. The Morgan fingerprint density at radius 2 is 1.78 bits per heavy atom. The average Bonchev–Trinajstić information content (AvgIpc) is 2.65. The van der Waals surface area contributed by atoms with Crippen LogP contribution >= 0.6 is 11.6 Å². The molecule has 0 bridgehead atoms. The number of allylic oxidation sites excluding steroid dienone is 2. The van der Waals surface area contributed by atoms with E-state index in [0.29, 0.717) is 22.1 Å². The van der Waals surface area contributed by atoms with Gasteiger partial charge in [-0.3, -0.25) is 4.79 Å². The molecule has 1 amide bonds. The second-order valence-corrected chi connectivity index (χ2v) is 6.71. The number of nitrogens with one attached hydrogen (secondary N) is 1. The van der Waals surface area contributed by atoms with Gasteiger partial charge >= 0.3 is 0 Å². The Labute approximate surface area is 162 Å². The molecule has 0 aliphatic carbocycles. The highest BCUT2D eigenvalue weighted by Crippen LogP contribution is 2.32. The molecule has 27 heavy (non-hydrogen) atoms. The fourth-order valence-corrected chi connectivity index (χ4v) is 2.58. The molecule has 0 saturated carbocycles. The molecule has 0 radical (unpaired) electrons. The fraction of sp³-hybridized carbons (Fsp3) is 0.143. The molecule has 0 saturated heterocycles. The van der Waals surface area contributed by atoms with Crippen molar-refractivity contribution in [1.82, 2.24) is 5.43 Å². The second-order valence-electron chi connectivity index (χ2n) is 6.27. The van der Waals surface area contributed by atoms with Crippen LogP contribution in [0.2, 0.25) is 5.02 Å². The summed E-state index contributed by atoms with van der Waals surface area (Å²) in [4.78, 5) is 12.0. The zero-order valence-corrected chi connectivity index (χ0v) is 15.7. The molecule has 2 aromatic rings. The topological polar surface area (TPSA) is 59.9 Å². The molecule has 3 rings (SSSR count). The Morgan fingerprint density at radius 3 is 2.48 bits per heavy atom. The van der Waals surface area contributed by atoms with Crippen LogP contribution < -0.4 is 5.43 Å². The van der Waals surface area contributed by atoms with Crippen molar-refractivity contribution < 1.29 is 14.3 Å². The van der Waals surface area contributed by atoms with Gasteiger partial charge in [0.2, 0.25) is 5.79 Å². The van der Waals surface area contributed by atoms with Gasteiger partial charge < -0.3 is 9.47 Å². The van der Waals surface area contributed by atoms with E-state index in [2.05, 4.69) is 10.5 Å². The highest BCUT2D eigenvalue weighted by molar-refractivity contribution is 6.30. The monoisotopic (exact) mass is 382 g/mol. The van der Waals surface area contributed by atoms with Crippen molar-refractivity contribution in [3.05, 3.63) is 88.7 Å². The summed E-state index contributed by atoms with van der Waals surface area (Å²) in [5.74, 6) is 0.146. The van der Waals surface area contributed by atoms with Crippen molar-refractivity contribution in [2.45, 2.75) is 19.6 Å². The summed E-state index contributed by atoms with van der Waals surface area (Å²) in [7, 11) is 0. The van der Waals surface area contributed by atoms with E-state index in [4.69, 9.17) is 21.1 Å². The van der Waals surface area contributed by atoms with Crippen LogP contribution in [-0.2, 0) is 9.47 Å². The molecule has 0 unspecified atom stereocenters. The summed E-state index contributed by atoms with van der Waals surface area (Å²) in [5.41, 5.74) is 3.88. The molecule has 1 N–H and O–H groups in total. The number of hydrogen-bond donors (Lipinski definition) is 1. The predicted molar refractivity (Wildman–Crippen MR) is 106 cm³/mol. The summed E-state index contributed by atoms with van der Waals surface area (Å²) < 4.78 is 11.6. The molecular formula is C21H19ClN2O3. The maximum Gasteiger partial charge on any atom is 0.271 e. The van der Waals surface area contributed by atoms with Gasteiger partial charge in [-0.25, -0.2) is 5.43 Å². The summed E-state index contributed by atoms with van der Waals surface area (Å²) in [6.07, 6.45) is 4.91. The summed E-state index contributed by atoms with van der Waals surface area (Å²) in [5, 5.41) is 4.50. The minimum Gasteiger partial charge on any atom is -0.453 e. The second kappa shape index (κ2) is 8.10. The lowest BCUT2D eigenvalue weighted by atomic mass is 10.1. The molecule has 2 aromatic carbocycles. The fourth-order valence-electron chi connectivity index (χ4n) is 2.46. The van der Waals surface area contributed by atoms with Crippen molar-refractivity contribution in [3.63, 3.8) is 0 Å². The van der Waals surface area contributed by atoms with Crippen LogP contribution in [0.4, 0.5) is 0 Å². The van der Waals surface area contributed by atoms with Gasteiger partial charge in [0.15, 0.2) is 0 Å². The Hall–Kier alpha value is -3.05. The van der Waals surface area contributed by atoms with Crippen molar-refractivity contribution in [2.75, 3.05) is 0 Å². The first kappa shape index (κ1) is 18.7. The molecule has 0 atom stereocenters. The minimum absolute atomic E-state index is 0.324. The minimum atomic E-state index is -0.813. The van der Waals surface area contributed by atoms with Gasteiger partial charge in [0, 0.05) is 42.1 Å².